The molecule has 0 N–H and O–H groups in total. The van der Waals surface area contributed by atoms with Crippen molar-refractivity contribution in [2.24, 2.45) is 0 Å². The van der Waals surface area contributed by atoms with Gasteiger partial charge in [-0.15, -0.1) is 0 Å². The molecule has 0 fully saturated rings. The summed E-state index contributed by atoms with van der Waals surface area (Å²) < 4.78 is 6.32. The molecule has 0 saturated carbocycles. The average Bonchev–Trinajstić information content (AvgIpc) is 3.14. The highest BCUT2D eigenvalue weighted by molar-refractivity contribution is 5.82. The van der Waals surface area contributed by atoms with Crippen LogP contribution in [0.25, 0.3) is 33.7 Å². The van der Waals surface area contributed by atoms with Crippen molar-refractivity contribution in [2.75, 3.05) is 0 Å². The lowest BCUT2D eigenvalue weighted by atomic mass is 9.79. The summed E-state index contributed by atoms with van der Waals surface area (Å²) in [6.45, 7) is 22.5. The molecule has 2 nitrogen and oxygen atoms in total. The van der Waals surface area contributed by atoms with E-state index in [2.05, 4.69) is 124 Å². The van der Waals surface area contributed by atoms with Crippen LogP contribution in [0.1, 0.15) is 84.6 Å². The third-order valence-electron chi connectivity index (χ3n) is 6.56. The minimum Gasteiger partial charge on any atom is -0.454 e. The predicted octanol–water partition coefficient (Wildman–Crippen LogP) is 9.36. The maximum Gasteiger partial charge on any atom is 0.153 e. The van der Waals surface area contributed by atoms with E-state index in [0.717, 1.165) is 33.7 Å². The van der Waals surface area contributed by atoms with Crippen LogP contribution in [0, 0.1) is 6.92 Å². The van der Waals surface area contributed by atoms with E-state index >= 15 is 0 Å². The Bertz CT molecular complexity index is 1320. The number of benzene rings is 2. The Morgan fingerprint density at radius 2 is 1.12 bits per heavy atom. The maximum atomic E-state index is 6.32. The number of hydrogen-bond donors (Lipinski definition) is 0. The fourth-order valence-corrected chi connectivity index (χ4v) is 4.23. The molecule has 2 aromatic heterocycles. The molecular weight excluding hydrogens is 414 g/mol. The Balaban J connectivity index is 1.82. The molecule has 0 amide bonds. The van der Waals surface area contributed by atoms with Gasteiger partial charge in [-0.1, -0.05) is 80.0 Å². The summed E-state index contributed by atoms with van der Waals surface area (Å²) in [7, 11) is 0. The van der Waals surface area contributed by atoms with Gasteiger partial charge in [0, 0.05) is 17.2 Å². The van der Waals surface area contributed by atoms with Crippen molar-refractivity contribution in [2.45, 2.75) is 85.5 Å². The number of hydrogen-bond acceptors (Lipinski definition) is 2. The first kappa shape index (κ1) is 24.3. The monoisotopic (exact) mass is 453 g/mol. The minimum atomic E-state index is 0.0589. The second-order valence-corrected chi connectivity index (χ2v) is 12.8. The van der Waals surface area contributed by atoms with Gasteiger partial charge in [-0.25, -0.2) is 4.98 Å². The molecule has 0 bridgehead atoms. The molecule has 2 heteroatoms. The quantitative estimate of drug-likeness (QED) is 0.302. The average molecular weight is 454 g/mol. The highest BCUT2D eigenvalue weighted by atomic mass is 16.3. The molecule has 0 aliphatic carbocycles. The third-order valence-corrected chi connectivity index (χ3v) is 6.56. The molecule has 2 heterocycles. The second kappa shape index (κ2) is 8.12. The van der Waals surface area contributed by atoms with E-state index < -0.39 is 0 Å². The highest BCUT2D eigenvalue weighted by Gasteiger charge is 2.22. The highest BCUT2D eigenvalue weighted by Crippen LogP contribution is 2.36. The summed E-state index contributed by atoms with van der Waals surface area (Å²) in [5.41, 5.74) is 10.4. The summed E-state index contributed by atoms with van der Waals surface area (Å²) in [5.74, 6) is 0.871. The molecule has 4 aromatic rings. The van der Waals surface area contributed by atoms with Gasteiger partial charge in [-0.05, 0) is 76.3 Å². The number of furan rings is 1. The zero-order valence-electron chi connectivity index (χ0n) is 22.6. The minimum absolute atomic E-state index is 0.0589. The molecule has 0 atom stereocenters. The Labute approximate surface area is 205 Å². The summed E-state index contributed by atoms with van der Waals surface area (Å²) in [5, 5.41) is 0. The Morgan fingerprint density at radius 1 is 0.588 bits per heavy atom. The fourth-order valence-electron chi connectivity index (χ4n) is 4.23. The molecule has 0 aliphatic heterocycles. The normalized spacial score (nSPS) is 13.0. The zero-order valence-corrected chi connectivity index (χ0v) is 22.6. The summed E-state index contributed by atoms with van der Waals surface area (Å²) >= 11 is 0. The van der Waals surface area contributed by atoms with Crippen molar-refractivity contribution in [3.05, 3.63) is 76.9 Å². The SMILES string of the molecule is Cc1cc(-c2ccc3oc(-c4cc(C(C)(C)C)cc(C(C)(C)C)c4)cc3n2)cc(C(C)(C)C)c1. The van der Waals surface area contributed by atoms with Crippen LogP contribution >= 0.6 is 0 Å². The first-order chi connectivity index (χ1) is 15.6. The van der Waals surface area contributed by atoms with Crippen LogP contribution in [-0.2, 0) is 16.2 Å². The van der Waals surface area contributed by atoms with Gasteiger partial charge in [-0.3, -0.25) is 0 Å². The third kappa shape index (κ3) is 4.97. The molecule has 2 aromatic carbocycles. The Hall–Kier alpha value is -2.87. The van der Waals surface area contributed by atoms with Gasteiger partial charge in [0.2, 0.25) is 0 Å². The van der Waals surface area contributed by atoms with Crippen LogP contribution in [0.4, 0.5) is 0 Å². The molecule has 178 valence electrons. The largest absolute Gasteiger partial charge is 0.454 e. The van der Waals surface area contributed by atoms with Gasteiger partial charge in [-0.2, -0.15) is 0 Å². The number of nitrogens with zero attached hydrogens (tertiary/aromatic N) is 1. The lowest BCUT2D eigenvalue weighted by molar-refractivity contribution is 0.567. The van der Waals surface area contributed by atoms with Gasteiger partial charge in [0.1, 0.15) is 11.3 Å². The van der Waals surface area contributed by atoms with Crippen molar-refractivity contribution >= 4 is 11.1 Å². The first-order valence-electron chi connectivity index (χ1n) is 12.3. The van der Waals surface area contributed by atoms with Crippen molar-refractivity contribution in [3.8, 4) is 22.6 Å². The smallest absolute Gasteiger partial charge is 0.153 e. The van der Waals surface area contributed by atoms with Gasteiger partial charge >= 0.3 is 0 Å². The molecule has 0 radical (unpaired) electrons. The van der Waals surface area contributed by atoms with E-state index in [1.165, 1.54) is 22.3 Å². The summed E-state index contributed by atoms with van der Waals surface area (Å²) in [4.78, 5) is 5.00. The second-order valence-electron chi connectivity index (χ2n) is 12.8. The van der Waals surface area contributed by atoms with Crippen molar-refractivity contribution in [1.29, 1.82) is 0 Å². The lowest BCUT2D eigenvalue weighted by Gasteiger charge is -2.26. The number of fused-ring (bicyclic) bond motifs is 1. The number of aryl methyl sites for hydroxylation is 1. The van der Waals surface area contributed by atoms with Crippen LogP contribution in [0.5, 0.6) is 0 Å². The number of rotatable bonds is 2. The van der Waals surface area contributed by atoms with Crippen LogP contribution in [0.3, 0.4) is 0 Å². The van der Waals surface area contributed by atoms with E-state index in [1.54, 1.807) is 0 Å². The van der Waals surface area contributed by atoms with E-state index in [9.17, 15) is 0 Å². The molecule has 0 aliphatic rings. The number of aromatic nitrogens is 1. The predicted molar refractivity (Wildman–Crippen MR) is 146 cm³/mol. The van der Waals surface area contributed by atoms with Gasteiger partial charge in [0.25, 0.3) is 0 Å². The lowest BCUT2D eigenvalue weighted by Crippen LogP contribution is -2.16. The zero-order chi connectivity index (χ0) is 25.1. The van der Waals surface area contributed by atoms with Gasteiger partial charge < -0.3 is 4.42 Å². The van der Waals surface area contributed by atoms with E-state index in [1.807, 2.05) is 0 Å². The standard InChI is InChI=1S/C32H39NO/c1-20-13-21(15-23(14-20)30(2,3)4)26-11-12-28-27(33-26)19-29(34-28)22-16-24(31(5,6)7)18-25(17-22)32(8,9)10/h11-19H,1-10H3. The van der Waals surface area contributed by atoms with E-state index in [-0.39, 0.29) is 16.2 Å². The van der Waals surface area contributed by atoms with Crippen LogP contribution in [0.2, 0.25) is 0 Å². The number of pyridine rings is 1. The first-order valence-corrected chi connectivity index (χ1v) is 12.3. The topological polar surface area (TPSA) is 26.0 Å². The van der Waals surface area contributed by atoms with Crippen molar-refractivity contribution in [3.63, 3.8) is 0 Å². The Morgan fingerprint density at radius 3 is 1.68 bits per heavy atom. The molecule has 4 rings (SSSR count). The Kier molecular flexibility index (Phi) is 5.79. The molecule has 0 saturated heterocycles. The van der Waals surface area contributed by atoms with Crippen molar-refractivity contribution in [1.82, 2.24) is 4.98 Å². The molecular formula is C32H39NO. The molecule has 0 spiro atoms. The summed E-state index contributed by atoms with van der Waals surface area (Å²) in [6, 6.07) is 19.8. The van der Waals surface area contributed by atoms with E-state index in [0.29, 0.717) is 0 Å². The van der Waals surface area contributed by atoms with E-state index in [4.69, 9.17) is 9.40 Å². The van der Waals surface area contributed by atoms with Gasteiger partial charge in [0.05, 0.1) is 5.69 Å². The van der Waals surface area contributed by atoms with Crippen LogP contribution in [0.15, 0.2) is 59.0 Å². The summed E-state index contributed by atoms with van der Waals surface area (Å²) in [6.07, 6.45) is 0. The molecule has 34 heavy (non-hydrogen) atoms. The van der Waals surface area contributed by atoms with Gasteiger partial charge in [0.15, 0.2) is 5.58 Å². The van der Waals surface area contributed by atoms with Crippen molar-refractivity contribution < 1.29 is 4.42 Å². The van der Waals surface area contributed by atoms with Crippen LogP contribution < -0.4 is 0 Å². The van der Waals surface area contributed by atoms with Crippen LogP contribution in [-0.4, -0.2) is 4.98 Å². The fraction of sp³-hybridized carbons (Fsp3) is 0.406. The molecule has 0 unspecified atom stereocenters. The maximum absolute atomic E-state index is 6.32.